The monoisotopic (exact) mass is 384 g/mol. The van der Waals surface area contributed by atoms with E-state index >= 15 is 0 Å². The van der Waals surface area contributed by atoms with Crippen molar-refractivity contribution in [3.8, 4) is 0 Å². The number of benzene rings is 2. The summed E-state index contributed by atoms with van der Waals surface area (Å²) >= 11 is 0. The zero-order chi connectivity index (χ0) is 19.3. The Hall–Kier alpha value is -3.33. The molecule has 2 aromatic carbocycles. The van der Waals surface area contributed by atoms with E-state index in [-0.39, 0.29) is 23.3 Å². The molecule has 144 valence electrons. The molecule has 0 saturated carbocycles. The Morgan fingerprint density at radius 1 is 0.750 bits per heavy atom. The molecular weight excluding hydrogens is 366 g/mol. The second-order valence-electron chi connectivity index (χ2n) is 6.09. The lowest BCUT2D eigenvalue weighted by molar-refractivity contribution is 0.122. The summed E-state index contributed by atoms with van der Waals surface area (Å²) in [5, 5.41) is 5.73. The van der Waals surface area contributed by atoms with E-state index in [0.717, 1.165) is 0 Å². The summed E-state index contributed by atoms with van der Waals surface area (Å²) in [5.41, 5.74) is 0.469. The van der Waals surface area contributed by atoms with Crippen molar-refractivity contribution in [2.45, 2.75) is 0 Å². The van der Waals surface area contributed by atoms with Crippen LogP contribution >= 0.6 is 0 Å². The van der Waals surface area contributed by atoms with E-state index in [1.54, 1.807) is 36.4 Å². The molecule has 0 aliphatic carbocycles. The highest BCUT2D eigenvalue weighted by atomic mass is 19.1. The van der Waals surface area contributed by atoms with E-state index in [4.69, 9.17) is 4.74 Å². The summed E-state index contributed by atoms with van der Waals surface area (Å²) in [5.74, 6) is -0.157. The van der Waals surface area contributed by atoms with E-state index in [2.05, 4.69) is 25.6 Å². The highest BCUT2D eigenvalue weighted by molar-refractivity contribution is 5.60. The van der Waals surface area contributed by atoms with Gasteiger partial charge in [-0.25, -0.2) is 8.78 Å². The minimum atomic E-state index is -0.431. The molecule has 0 unspecified atom stereocenters. The second kappa shape index (κ2) is 8.13. The van der Waals surface area contributed by atoms with Gasteiger partial charge in [0.1, 0.15) is 11.6 Å². The van der Waals surface area contributed by atoms with Gasteiger partial charge in [-0.1, -0.05) is 24.3 Å². The molecule has 1 aliphatic rings. The van der Waals surface area contributed by atoms with Crippen molar-refractivity contribution in [1.82, 2.24) is 15.0 Å². The predicted molar refractivity (Wildman–Crippen MR) is 102 cm³/mol. The Kier molecular flexibility index (Phi) is 5.24. The van der Waals surface area contributed by atoms with Crippen LogP contribution < -0.4 is 15.5 Å². The maximum absolute atomic E-state index is 14.0. The Labute approximate surface area is 160 Å². The number of hydrogen-bond acceptors (Lipinski definition) is 7. The van der Waals surface area contributed by atoms with Crippen LogP contribution in [0.4, 0.5) is 38.0 Å². The van der Waals surface area contributed by atoms with E-state index in [1.165, 1.54) is 12.1 Å². The first-order valence-electron chi connectivity index (χ1n) is 8.81. The van der Waals surface area contributed by atoms with Crippen molar-refractivity contribution in [3.05, 3.63) is 60.2 Å². The minimum absolute atomic E-state index is 0.153. The quantitative estimate of drug-likeness (QED) is 0.698. The van der Waals surface area contributed by atoms with Crippen LogP contribution in [-0.4, -0.2) is 41.3 Å². The first kappa shape index (κ1) is 18.1. The number of nitrogens with one attached hydrogen (secondary N) is 2. The normalized spacial score (nSPS) is 14.0. The Morgan fingerprint density at radius 2 is 1.25 bits per heavy atom. The lowest BCUT2D eigenvalue weighted by Crippen LogP contribution is -2.37. The zero-order valence-corrected chi connectivity index (χ0v) is 14.9. The Morgan fingerprint density at radius 3 is 1.75 bits per heavy atom. The van der Waals surface area contributed by atoms with Crippen LogP contribution in [-0.2, 0) is 4.74 Å². The number of halogens is 2. The first-order chi connectivity index (χ1) is 13.7. The van der Waals surface area contributed by atoms with Crippen molar-refractivity contribution < 1.29 is 13.5 Å². The smallest absolute Gasteiger partial charge is 0.233 e. The van der Waals surface area contributed by atoms with E-state index in [0.29, 0.717) is 32.3 Å². The molecule has 2 heterocycles. The van der Waals surface area contributed by atoms with Crippen LogP contribution in [0.1, 0.15) is 0 Å². The maximum Gasteiger partial charge on any atom is 0.233 e. The topological polar surface area (TPSA) is 75.2 Å². The van der Waals surface area contributed by atoms with Crippen LogP contribution in [0.25, 0.3) is 0 Å². The highest BCUT2D eigenvalue weighted by Crippen LogP contribution is 2.23. The largest absolute Gasteiger partial charge is 0.378 e. The lowest BCUT2D eigenvalue weighted by Gasteiger charge is -2.27. The maximum atomic E-state index is 14.0. The summed E-state index contributed by atoms with van der Waals surface area (Å²) in [6.45, 7) is 2.33. The van der Waals surface area contributed by atoms with Gasteiger partial charge >= 0.3 is 0 Å². The average Bonchev–Trinajstić information content (AvgIpc) is 2.72. The summed E-state index contributed by atoms with van der Waals surface area (Å²) in [6, 6.07) is 12.4. The number of para-hydroxylation sites is 2. The highest BCUT2D eigenvalue weighted by Gasteiger charge is 2.17. The molecule has 1 fully saturated rings. The fourth-order valence-corrected chi connectivity index (χ4v) is 2.75. The van der Waals surface area contributed by atoms with Crippen molar-refractivity contribution in [2.24, 2.45) is 0 Å². The number of aromatic nitrogens is 3. The fraction of sp³-hybridized carbons (Fsp3) is 0.211. The van der Waals surface area contributed by atoms with Gasteiger partial charge in [0.05, 0.1) is 24.6 Å². The molecule has 3 aromatic rings. The van der Waals surface area contributed by atoms with Crippen LogP contribution in [0, 0.1) is 11.6 Å². The molecule has 2 N–H and O–H groups in total. The number of rotatable bonds is 5. The van der Waals surface area contributed by atoms with Gasteiger partial charge in [0.15, 0.2) is 0 Å². The average molecular weight is 384 g/mol. The van der Waals surface area contributed by atoms with Gasteiger partial charge < -0.3 is 20.3 Å². The number of ether oxygens (including phenoxy) is 1. The number of anilines is 5. The molecule has 7 nitrogen and oxygen atoms in total. The van der Waals surface area contributed by atoms with Crippen molar-refractivity contribution in [2.75, 3.05) is 41.8 Å². The first-order valence-corrected chi connectivity index (χ1v) is 8.81. The van der Waals surface area contributed by atoms with Crippen LogP contribution in [0.5, 0.6) is 0 Å². The molecule has 1 saturated heterocycles. The fourth-order valence-electron chi connectivity index (χ4n) is 2.75. The summed E-state index contributed by atoms with van der Waals surface area (Å²) in [7, 11) is 0. The molecule has 0 atom stereocenters. The van der Waals surface area contributed by atoms with Crippen LogP contribution in [0.2, 0.25) is 0 Å². The summed E-state index contributed by atoms with van der Waals surface area (Å²) in [6.07, 6.45) is 0. The van der Waals surface area contributed by atoms with Crippen LogP contribution in [0.3, 0.4) is 0 Å². The third kappa shape index (κ3) is 4.15. The number of morpholine rings is 1. The van der Waals surface area contributed by atoms with Gasteiger partial charge in [-0.15, -0.1) is 0 Å². The molecule has 0 spiro atoms. The van der Waals surface area contributed by atoms with Crippen molar-refractivity contribution in [1.29, 1.82) is 0 Å². The summed E-state index contributed by atoms with van der Waals surface area (Å²) in [4.78, 5) is 15.0. The van der Waals surface area contributed by atoms with Gasteiger partial charge in [0.25, 0.3) is 0 Å². The molecule has 1 aromatic heterocycles. The Balaban J connectivity index is 1.68. The molecular formula is C19H18F2N6O. The summed E-state index contributed by atoms with van der Waals surface area (Å²) < 4.78 is 33.4. The van der Waals surface area contributed by atoms with Gasteiger partial charge in [0, 0.05) is 13.1 Å². The van der Waals surface area contributed by atoms with E-state index in [1.807, 2.05) is 4.90 Å². The molecule has 4 rings (SSSR count). The standard InChI is InChI=1S/C19H18F2N6O/c20-13-5-1-3-7-15(13)22-17-24-18(23-16-8-4-2-6-14(16)21)26-19(25-17)27-9-11-28-12-10-27/h1-8H,9-12H2,(H2,22,23,24,25,26). The van der Waals surface area contributed by atoms with Gasteiger partial charge in [0.2, 0.25) is 17.8 Å². The number of nitrogens with zero attached hydrogens (tertiary/aromatic N) is 4. The lowest BCUT2D eigenvalue weighted by atomic mass is 10.3. The van der Waals surface area contributed by atoms with E-state index in [9.17, 15) is 8.78 Å². The minimum Gasteiger partial charge on any atom is -0.378 e. The van der Waals surface area contributed by atoms with Crippen LogP contribution in [0.15, 0.2) is 48.5 Å². The van der Waals surface area contributed by atoms with Gasteiger partial charge in [-0.05, 0) is 24.3 Å². The third-order valence-corrected chi connectivity index (χ3v) is 4.16. The molecule has 28 heavy (non-hydrogen) atoms. The molecule has 0 bridgehead atoms. The zero-order valence-electron chi connectivity index (χ0n) is 14.9. The van der Waals surface area contributed by atoms with Crippen molar-refractivity contribution >= 4 is 29.2 Å². The Bertz CT molecular complexity index is 899. The predicted octanol–water partition coefficient (Wildman–Crippen LogP) is 3.47. The molecule has 9 heteroatoms. The van der Waals surface area contributed by atoms with Gasteiger partial charge in [-0.2, -0.15) is 15.0 Å². The van der Waals surface area contributed by atoms with E-state index < -0.39 is 11.6 Å². The molecule has 0 radical (unpaired) electrons. The van der Waals surface area contributed by atoms with Crippen molar-refractivity contribution in [3.63, 3.8) is 0 Å². The molecule has 0 amide bonds. The third-order valence-electron chi connectivity index (χ3n) is 4.16. The second-order valence-corrected chi connectivity index (χ2v) is 6.09. The number of hydrogen-bond donors (Lipinski definition) is 2. The van der Waals surface area contributed by atoms with Gasteiger partial charge in [-0.3, -0.25) is 0 Å². The SMILES string of the molecule is Fc1ccccc1Nc1nc(Nc2ccccc2F)nc(N2CCOCC2)n1. The molecule has 1 aliphatic heterocycles.